The number of carbonyl (C=O) groups excluding carboxylic acids is 2. The van der Waals surface area contributed by atoms with E-state index in [0.717, 1.165) is 5.56 Å². The van der Waals surface area contributed by atoms with Crippen LogP contribution in [0.15, 0.2) is 54.6 Å². The molecule has 1 fully saturated rings. The monoisotopic (exact) mass is 361 g/mol. The molecule has 27 heavy (non-hydrogen) atoms. The van der Waals surface area contributed by atoms with E-state index >= 15 is 0 Å². The van der Waals surface area contributed by atoms with Crippen molar-refractivity contribution < 1.29 is 9.59 Å². The summed E-state index contributed by atoms with van der Waals surface area (Å²) < 4.78 is 0. The maximum absolute atomic E-state index is 13.0. The van der Waals surface area contributed by atoms with E-state index in [4.69, 9.17) is 5.26 Å². The zero-order chi connectivity index (χ0) is 19.4. The first-order chi connectivity index (χ1) is 12.9. The van der Waals surface area contributed by atoms with Crippen LogP contribution in [0, 0.1) is 11.3 Å². The van der Waals surface area contributed by atoms with Gasteiger partial charge in [0.25, 0.3) is 5.91 Å². The summed E-state index contributed by atoms with van der Waals surface area (Å²) in [6.07, 6.45) is 0. The highest BCUT2D eigenvalue weighted by Gasteiger charge is 2.35. The molecular weight excluding hydrogens is 338 g/mol. The molecule has 0 bridgehead atoms. The lowest BCUT2D eigenvalue weighted by Crippen LogP contribution is -2.54. The molecule has 5 heteroatoms. The van der Waals surface area contributed by atoms with E-state index in [9.17, 15) is 9.59 Å². The Bertz CT molecular complexity index is 859. The van der Waals surface area contributed by atoms with Gasteiger partial charge in [0.05, 0.1) is 17.0 Å². The van der Waals surface area contributed by atoms with E-state index in [-0.39, 0.29) is 11.8 Å². The summed E-state index contributed by atoms with van der Waals surface area (Å²) in [6.45, 7) is 5.96. The number of benzene rings is 2. The lowest BCUT2D eigenvalue weighted by molar-refractivity contribution is -0.137. The molecule has 3 rings (SSSR count). The Labute approximate surface area is 159 Å². The van der Waals surface area contributed by atoms with E-state index in [1.54, 1.807) is 29.2 Å². The van der Waals surface area contributed by atoms with Gasteiger partial charge in [0.15, 0.2) is 0 Å². The quantitative estimate of drug-likeness (QED) is 0.844. The van der Waals surface area contributed by atoms with Crippen LogP contribution >= 0.6 is 0 Å². The largest absolute Gasteiger partial charge is 0.338 e. The molecule has 1 aliphatic heterocycles. The molecule has 0 aromatic heterocycles. The summed E-state index contributed by atoms with van der Waals surface area (Å²) in [5.74, 6) is 0.0214. The summed E-state index contributed by atoms with van der Waals surface area (Å²) in [5, 5.41) is 8.86. The number of carbonyl (C=O) groups is 2. The number of rotatable bonds is 3. The van der Waals surface area contributed by atoms with Gasteiger partial charge in [-0.3, -0.25) is 9.59 Å². The standard InChI is InChI=1S/C22H23N3O2/c1-22(2,19-6-4-3-5-7-19)21(27)25-14-12-24(13-15-25)20(26)18-10-8-17(16-23)9-11-18/h3-11H,12-15H2,1-2H3. The van der Waals surface area contributed by atoms with Gasteiger partial charge in [-0.05, 0) is 43.7 Å². The fourth-order valence-electron chi connectivity index (χ4n) is 3.36. The Morgan fingerprint density at radius 1 is 0.889 bits per heavy atom. The van der Waals surface area contributed by atoms with Crippen LogP contribution in [0.1, 0.15) is 35.3 Å². The number of piperazine rings is 1. The lowest BCUT2D eigenvalue weighted by atomic mass is 9.83. The van der Waals surface area contributed by atoms with Gasteiger partial charge in [-0.25, -0.2) is 0 Å². The average Bonchev–Trinajstić information content (AvgIpc) is 2.73. The number of amides is 2. The molecule has 2 aromatic carbocycles. The molecule has 0 saturated carbocycles. The summed E-state index contributed by atoms with van der Waals surface area (Å²) in [6, 6.07) is 18.5. The van der Waals surface area contributed by atoms with Crippen LogP contribution in [0.3, 0.4) is 0 Å². The van der Waals surface area contributed by atoms with Crippen LogP contribution in [-0.4, -0.2) is 47.8 Å². The maximum Gasteiger partial charge on any atom is 0.253 e. The second-order valence-corrected chi connectivity index (χ2v) is 7.26. The van der Waals surface area contributed by atoms with Gasteiger partial charge >= 0.3 is 0 Å². The van der Waals surface area contributed by atoms with Crippen LogP contribution in [0.2, 0.25) is 0 Å². The summed E-state index contributed by atoms with van der Waals surface area (Å²) in [7, 11) is 0. The van der Waals surface area contributed by atoms with Crippen molar-refractivity contribution in [3.8, 4) is 6.07 Å². The third kappa shape index (κ3) is 3.85. The predicted octanol–water partition coefficient (Wildman–Crippen LogP) is 2.82. The fourth-order valence-corrected chi connectivity index (χ4v) is 3.36. The van der Waals surface area contributed by atoms with Crippen LogP contribution < -0.4 is 0 Å². The minimum absolute atomic E-state index is 0.0612. The molecule has 0 atom stereocenters. The smallest absolute Gasteiger partial charge is 0.253 e. The third-order valence-electron chi connectivity index (χ3n) is 5.15. The number of hydrogen-bond acceptors (Lipinski definition) is 3. The van der Waals surface area contributed by atoms with E-state index in [1.165, 1.54) is 0 Å². The summed E-state index contributed by atoms with van der Waals surface area (Å²) in [5.41, 5.74) is 1.50. The zero-order valence-electron chi connectivity index (χ0n) is 15.7. The number of hydrogen-bond donors (Lipinski definition) is 0. The van der Waals surface area contributed by atoms with Crippen molar-refractivity contribution in [1.29, 1.82) is 5.26 Å². The van der Waals surface area contributed by atoms with Crippen LogP contribution in [-0.2, 0) is 10.2 Å². The van der Waals surface area contributed by atoms with E-state index < -0.39 is 5.41 Å². The van der Waals surface area contributed by atoms with Crippen molar-refractivity contribution >= 4 is 11.8 Å². The molecule has 0 aliphatic carbocycles. The van der Waals surface area contributed by atoms with Crippen LogP contribution in [0.4, 0.5) is 0 Å². The van der Waals surface area contributed by atoms with Crippen molar-refractivity contribution in [3.05, 3.63) is 71.3 Å². The highest BCUT2D eigenvalue weighted by molar-refractivity contribution is 5.94. The molecule has 0 spiro atoms. The van der Waals surface area contributed by atoms with Gasteiger partial charge in [0.2, 0.25) is 5.91 Å². The normalized spacial score (nSPS) is 14.6. The second-order valence-electron chi connectivity index (χ2n) is 7.26. The van der Waals surface area contributed by atoms with E-state index in [2.05, 4.69) is 0 Å². The molecule has 1 saturated heterocycles. The topological polar surface area (TPSA) is 64.4 Å². The highest BCUT2D eigenvalue weighted by atomic mass is 16.2. The van der Waals surface area contributed by atoms with Gasteiger partial charge in [0.1, 0.15) is 0 Å². The number of nitrogens with zero attached hydrogens (tertiary/aromatic N) is 3. The van der Waals surface area contributed by atoms with Gasteiger partial charge in [-0.15, -0.1) is 0 Å². The zero-order valence-corrected chi connectivity index (χ0v) is 15.7. The molecule has 5 nitrogen and oxygen atoms in total. The SMILES string of the molecule is CC(C)(C(=O)N1CCN(C(=O)c2ccc(C#N)cc2)CC1)c1ccccc1. The molecule has 2 aromatic rings. The van der Waals surface area contributed by atoms with Crippen molar-refractivity contribution in [1.82, 2.24) is 9.80 Å². The molecule has 0 unspecified atom stereocenters. The molecule has 0 radical (unpaired) electrons. The van der Waals surface area contributed by atoms with Crippen LogP contribution in [0.5, 0.6) is 0 Å². The lowest BCUT2D eigenvalue weighted by Gasteiger charge is -2.38. The molecule has 138 valence electrons. The van der Waals surface area contributed by atoms with Gasteiger partial charge in [-0.1, -0.05) is 30.3 Å². The first-order valence-electron chi connectivity index (χ1n) is 9.08. The van der Waals surface area contributed by atoms with Gasteiger partial charge in [-0.2, -0.15) is 5.26 Å². The Balaban J connectivity index is 1.63. The van der Waals surface area contributed by atoms with Crippen molar-refractivity contribution in [2.75, 3.05) is 26.2 Å². The summed E-state index contributed by atoms with van der Waals surface area (Å²) in [4.78, 5) is 29.3. The van der Waals surface area contributed by atoms with Gasteiger partial charge in [0, 0.05) is 31.7 Å². The minimum Gasteiger partial charge on any atom is -0.338 e. The van der Waals surface area contributed by atoms with E-state index in [0.29, 0.717) is 37.3 Å². The first kappa shape index (κ1) is 18.7. The highest BCUT2D eigenvalue weighted by Crippen LogP contribution is 2.26. The minimum atomic E-state index is -0.597. The Morgan fingerprint density at radius 3 is 2.00 bits per heavy atom. The average molecular weight is 361 g/mol. The third-order valence-corrected chi connectivity index (χ3v) is 5.15. The fraction of sp³-hybridized carbons (Fsp3) is 0.318. The Kier molecular flexibility index (Phi) is 5.27. The molecule has 1 heterocycles. The molecule has 0 N–H and O–H groups in total. The molecule has 2 amide bonds. The first-order valence-corrected chi connectivity index (χ1v) is 9.08. The molecular formula is C22H23N3O2. The van der Waals surface area contributed by atoms with E-state index in [1.807, 2.05) is 55.1 Å². The Hall–Kier alpha value is -3.13. The van der Waals surface area contributed by atoms with Crippen molar-refractivity contribution in [2.45, 2.75) is 19.3 Å². The van der Waals surface area contributed by atoms with Crippen LogP contribution in [0.25, 0.3) is 0 Å². The Morgan fingerprint density at radius 2 is 1.44 bits per heavy atom. The maximum atomic E-state index is 13.0. The number of nitriles is 1. The second kappa shape index (κ2) is 7.63. The summed E-state index contributed by atoms with van der Waals surface area (Å²) >= 11 is 0. The van der Waals surface area contributed by atoms with Crippen molar-refractivity contribution in [2.24, 2.45) is 0 Å². The molecule has 1 aliphatic rings. The van der Waals surface area contributed by atoms with Crippen molar-refractivity contribution in [3.63, 3.8) is 0 Å². The van der Waals surface area contributed by atoms with Gasteiger partial charge < -0.3 is 9.80 Å². The predicted molar refractivity (Wildman–Crippen MR) is 103 cm³/mol.